The van der Waals surface area contributed by atoms with Gasteiger partial charge >= 0.3 is 0 Å². The third-order valence-electron chi connectivity index (χ3n) is 2.99. The predicted octanol–water partition coefficient (Wildman–Crippen LogP) is 2.58. The summed E-state index contributed by atoms with van der Waals surface area (Å²) >= 11 is 0. The van der Waals surface area contributed by atoms with Crippen LogP contribution in [0.4, 0.5) is 11.4 Å². The molecule has 1 aromatic heterocycles. The third-order valence-corrected chi connectivity index (χ3v) is 2.99. The zero-order valence-electron chi connectivity index (χ0n) is 11.6. The maximum atomic E-state index is 5.40. The molecule has 19 heavy (non-hydrogen) atoms. The van der Waals surface area contributed by atoms with E-state index in [4.69, 9.17) is 4.74 Å². The molecule has 0 saturated heterocycles. The van der Waals surface area contributed by atoms with E-state index in [1.165, 1.54) is 0 Å². The molecule has 0 atom stereocenters. The van der Waals surface area contributed by atoms with Crippen LogP contribution in [-0.4, -0.2) is 26.2 Å². The average molecular weight is 257 g/mol. The van der Waals surface area contributed by atoms with Gasteiger partial charge in [0.05, 0.1) is 18.5 Å². The summed E-state index contributed by atoms with van der Waals surface area (Å²) in [5, 5.41) is 3.11. The monoisotopic (exact) mass is 257 g/mol. The van der Waals surface area contributed by atoms with Crippen molar-refractivity contribution in [2.45, 2.75) is 6.54 Å². The molecule has 0 bridgehead atoms. The first-order chi connectivity index (χ1) is 9.26. The van der Waals surface area contributed by atoms with Crippen molar-refractivity contribution in [1.29, 1.82) is 0 Å². The second kappa shape index (κ2) is 6.20. The molecule has 0 spiro atoms. The van der Waals surface area contributed by atoms with Crippen LogP contribution in [0.1, 0.15) is 5.69 Å². The van der Waals surface area contributed by atoms with Crippen LogP contribution in [0, 0.1) is 0 Å². The summed E-state index contributed by atoms with van der Waals surface area (Å²) in [4.78, 5) is 6.42. The zero-order chi connectivity index (χ0) is 13.7. The van der Waals surface area contributed by atoms with E-state index in [0.717, 1.165) is 29.4 Å². The number of methoxy groups -OCH3 is 1. The van der Waals surface area contributed by atoms with Gasteiger partial charge in [-0.3, -0.25) is 4.98 Å². The van der Waals surface area contributed by atoms with E-state index >= 15 is 0 Å². The van der Waals surface area contributed by atoms with E-state index in [2.05, 4.69) is 21.3 Å². The standard InChI is InChI=1S/C15H19N3O/c1-16-11-12-10-13(8-9-17-12)18(2)14-6-4-5-7-15(14)19-3/h4-10,16H,11H2,1-3H3. The number of benzene rings is 1. The summed E-state index contributed by atoms with van der Waals surface area (Å²) in [5.41, 5.74) is 3.14. The second-order valence-electron chi connectivity index (χ2n) is 4.27. The summed E-state index contributed by atoms with van der Waals surface area (Å²) in [5.74, 6) is 0.858. The normalized spacial score (nSPS) is 10.3. The first kappa shape index (κ1) is 13.4. The Morgan fingerprint density at radius 2 is 2.05 bits per heavy atom. The van der Waals surface area contributed by atoms with E-state index in [9.17, 15) is 0 Å². The molecule has 2 aromatic rings. The number of aromatic nitrogens is 1. The van der Waals surface area contributed by atoms with Crippen molar-refractivity contribution in [2.75, 3.05) is 26.1 Å². The molecule has 2 rings (SSSR count). The fourth-order valence-electron chi connectivity index (χ4n) is 2.00. The van der Waals surface area contributed by atoms with Gasteiger partial charge in [-0.25, -0.2) is 0 Å². The summed E-state index contributed by atoms with van der Waals surface area (Å²) < 4.78 is 5.40. The van der Waals surface area contributed by atoms with Gasteiger partial charge in [-0.05, 0) is 31.3 Å². The number of para-hydroxylation sites is 2. The van der Waals surface area contributed by atoms with Crippen LogP contribution in [0.2, 0.25) is 0 Å². The van der Waals surface area contributed by atoms with E-state index in [0.29, 0.717) is 0 Å². The SMILES string of the molecule is CNCc1cc(N(C)c2ccccc2OC)ccn1. The van der Waals surface area contributed by atoms with Crippen molar-refractivity contribution < 1.29 is 4.74 Å². The lowest BCUT2D eigenvalue weighted by Crippen LogP contribution is -2.12. The van der Waals surface area contributed by atoms with Crippen molar-refractivity contribution in [1.82, 2.24) is 10.3 Å². The highest BCUT2D eigenvalue weighted by atomic mass is 16.5. The van der Waals surface area contributed by atoms with E-state index in [-0.39, 0.29) is 0 Å². The summed E-state index contributed by atoms with van der Waals surface area (Å²) in [6.07, 6.45) is 1.83. The van der Waals surface area contributed by atoms with Crippen molar-refractivity contribution in [3.63, 3.8) is 0 Å². The molecule has 100 valence electrons. The molecule has 4 heteroatoms. The van der Waals surface area contributed by atoms with Gasteiger partial charge in [-0.1, -0.05) is 12.1 Å². The quantitative estimate of drug-likeness (QED) is 0.893. The highest BCUT2D eigenvalue weighted by molar-refractivity contribution is 5.68. The Hall–Kier alpha value is -2.07. The second-order valence-corrected chi connectivity index (χ2v) is 4.27. The Morgan fingerprint density at radius 3 is 2.79 bits per heavy atom. The van der Waals surface area contributed by atoms with Gasteiger partial charge in [0.2, 0.25) is 0 Å². The van der Waals surface area contributed by atoms with Crippen molar-refractivity contribution in [3.8, 4) is 5.75 Å². The molecule has 4 nitrogen and oxygen atoms in total. The molecular formula is C15H19N3O. The smallest absolute Gasteiger partial charge is 0.142 e. The molecule has 1 N–H and O–H groups in total. The first-order valence-electron chi connectivity index (χ1n) is 6.22. The molecular weight excluding hydrogens is 238 g/mol. The van der Waals surface area contributed by atoms with Gasteiger partial charge in [0, 0.05) is 25.5 Å². The number of hydrogen-bond donors (Lipinski definition) is 1. The Labute approximate surface area is 114 Å². The van der Waals surface area contributed by atoms with Crippen LogP contribution in [0.5, 0.6) is 5.75 Å². The molecule has 0 aliphatic heterocycles. The van der Waals surface area contributed by atoms with Gasteiger partial charge in [0.15, 0.2) is 0 Å². The maximum absolute atomic E-state index is 5.40. The van der Waals surface area contributed by atoms with E-state index in [1.807, 2.05) is 50.6 Å². The van der Waals surface area contributed by atoms with Gasteiger partial charge in [-0.15, -0.1) is 0 Å². The number of anilines is 2. The van der Waals surface area contributed by atoms with Gasteiger partial charge in [-0.2, -0.15) is 0 Å². The lowest BCUT2D eigenvalue weighted by atomic mass is 10.2. The zero-order valence-corrected chi connectivity index (χ0v) is 11.6. The third kappa shape index (κ3) is 3.03. The molecule has 0 amide bonds. The van der Waals surface area contributed by atoms with Crippen LogP contribution in [-0.2, 0) is 6.54 Å². The Bertz CT molecular complexity index is 542. The minimum atomic E-state index is 0.758. The molecule has 0 aliphatic carbocycles. The van der Waals surface area contributed by atoms with Crippen molar-refractivity contribution in [3.05, 3.63) is 48.3 Å². The van der Waals surface area contributed by atoms with Gasteiger partial charge in [0.1, 0.15) is 5.75 Å². The molecule has 0 radical (unpaired) electrons. The number of ether oxygens (including phenoxy) is 1. The predicted molar refractivity (Wildman–Crippen MR) is 78.1 cm³/mol. The highest BCUT2D eigenvalue weighted by Crippen LogP contribution is 2.31. The minimum absolute atomic E-state index is 0.758. The minimum Gasteiger partial charge on any atom is -0.495 e. The fraction of sp³-hybridized carbons (Fsp3) is 0.267. The summed E-state index contributed by atoms with van der Waals surface area (Å²) in [6, 6.07) is 12.0. The van der Waals surface area contributed by atoms with Crippen LogP contribution in [0.15, 0.2) is 42.6 Å². The first-order valence-corrected chi connectivity index (χ1v) is 6.22. The largest absolute Gasteiger partial charge is 0.495 e. The van der Waals surface area contributed by atoms with Crippen molar-refractivity contribution >= 4 is 11.4 Å². The van der Waals surface area contributed by atoms with Crippen LogP contribution >= 0.6 is 0 Å². The van der Waals surface area contributed by atoms with Crippen LogP contribution < -0.4 is 15.0 Å². The fourth-order valence-corrected chi connectivity index (χ4v) is 2.00. The van der Waals surface area contributed by atoms with Crippen molar-refractivity contribution in [2.24, 2.45) is 0 Å². The summed E-state index contributed by atoms with van der Waals surface area (Å²) in [6.45, 7) is 0.758. The maximum Gasteiger partial charge on any atom is 0.142 e. The van der Waals surface area contributed by atoms with Gasteiger partial charge < -0.3 is 15.0 Å². The molecule has 1 aromatic carbocycles. The van der Waals surface area contributed by atoms with Crippen LogP contribution in [0.25, 0.3) is 0 Å². The topological polar surface area (TPSA) is 37.4 Å². The number of nitrogens with zero attached hydrogens (tertiary/aromatic N) is 2. The number of rotatable bonds is 5. The number of pyridine rings is 1. The Balaban J connectivity index is 2.32. The number of nitrogens with one attached hydrogen (secondary N) is 1. The lowest BCUT2D eigenvalue weighted by Gasteiger charge is -2.22. The number of hydrogen-bond acceptors (Lipinski definition) is 4. The molecule has 0 aliphatic rings. The lowest BCUT2D eigenvalue weighted by molar-refractivity contribution is 0.415. The average Bonchev–Trinajstić information content (AvgIpc) is 2.47. The van der Waals surface area contributed by atoms with Crippen LogP contribution in [0.3, 0.4) is 0 Å². The van der Waals surface area contributed by atoms with Gasteiger partial charge in [0.25, 0.3) is 0 Å². The molecule has 0 fully saturated rings. The molecule has 0 saturated carbocycles. The Kier molecular flexibility index (Phi) is 4.36. The van der Waals surface area contributed by atoms with E-state index < -0.39 is 0 Å². The molecule has 0 unspecified atom stereocenters. The Morgan fingerprint density at radius 1 is 1.26 bits per heavy atom. The van der Waals surface area contributed by atoms with E-state index in [1.54, 1.807) is 7.11 Å². The molecule has 1 heterocycles. The summed E-state index contributed by atoms with van der Waals surface area (Å²) in [7, 11) is 5.63. The highest BCUT2D eigenvalue weighted by Gasteiger charge is 2.09.